The number of ether oxygens (including phenoxy) is 2. The third-order valence-corrected chi connectivity index (χ3v) is 6.92. The number of amides is 1. The van der Waals surface area contributed by atoms with Crippen LogP contribution >= 0.6 is 34.2 Å². The first-order chi connectivity index (χ1) is 18.4. The van der Waals surface area contributed by atoms with Gasteiger partial charge < -0.3 is 14.6 Å². The zero-order chi connectivity index (χ0) is 27.0. The number of nitrogens with one attached hydrogen (secondary N) is 1. The van der Waals surface area contributed by atoms with Gasteiger partial charge in [-0.25, -0.2) is 5.43 Å². The van der Waals surface area contributed by atoms with Gasteiger partial charge in [0.25, 0.3) is 5.91 Å². The van der Waals surface area contributed by atoms with Gasteiger partial charge in [0, 0.05) is 10.6 Å². The normalized spacial score (nSPS) is 11.4. The summed E-state index contributed by atoms with van der Waals surface area (Å²) in [6.45, 7) is 2.62. The van der Waals surface area contributed by atoms with Crippen LogP contribution in [0.3, 0.4) is 0 Å². The van der Waals surface area contributed by atoms with Crippen LogP contribution in [0.2, 0.25) is 5.02 Å². The van der Waals surface area contributed by atoms with Gasteiger partial charge in [-0.2, -0.15) is 5.10 Å². The van der Waals surface area contributed by atoms with Gasteiger partial charge in [0.05, 0.1) is 16.4 Å². The monoisotopic (exact) mass is 640 g/mol. The van der Waals surface area contributed by atoms with Crippen LogP contribution in [0.1, 0.15) is 29.2 Å². The van der Waals surface area contributed by atoms with E-state index < -0.39 is 11.5 Å². The highest BCUT2D eigenvalue weighted by Crippen LogP contribution is 2.35. The predicted molar refractivity (Wildman–Crippen MR) is 158 cm³/mol. The molecule has 0 fully saturated rings. The summed E-state index contributed by atoms with van der Waals surface area (Å²) in [5.41, 5.74) is 3.01. The highest BCUT2D eigenvalue weighted by Gasteiger charge is 2.39. The Labute approximate surface area is 240 Å². The number of hydrogen-bond acceptors (Lipinski definition) is 5. The summed E-state index contributed by atoms with van der Waals surface area (Å²) in [6.07, 6.45) is 1.50. The van der Waals surface area contributed by atoms with Crippen LogP contribution < -0.4 is 14.9 Å². The van der Waals surface area contributed by atoms with Crippen LogP contribution in [0.15, 0.2) is 102 Å². The van der Waals surface area contributed by atoms with Gasteiger partial charge in [-0.1, -0.05) is 90.5 Å². The van der Waals surface area contributed by atoms with E-state index in [0.717, 1.165) is 9.13 Å². The number of aliphatic hydroxyl groups is 1. The van der Waals surface area contributed by atoms with Crippen molar-refractivity contribution in [3.63, 3.8) is 0 Å². The molecule has 38 heavy (non-hydrogen) atoms. The lowest BCUT2D eigenvalue weighted by molar-refractivity contribution is -0.136. The molecule has 4 rings (SSSR count). The molecule has 6 nitrogen and oxygen atoms in total. The van der Waals surface area contributed by atoms with Crippen LogP contribution in [-0.4, -0.2) is 23.8 Å². The minimum absolute atomic E-state index is 0.288. The largest absolute Gasteiger partial charge is 0.490 e. The highest BCUT2D eigenvalue weighted by molar-refractivity contribution is 14.1. The van der Waals surface area contributed by atoms with E-state index >= 15 is 0 Å². The fourth-order valence-corrected chi connectivity index (χ4v) is 4.84. The first-order valence-corrected chi connectivity index (χ1v) is 13.4. The number of hydrogen-bond donors (Lipinski definition) is 2. The van der Waals surface area contributed by atoms with Crippen molar-refractivity contribution in [1.82, 2.24) is 5.43 Å². The first-order valence-electron chi connectivity index (χ1n) is 11.9. The second kappa shape index (κ2) is 12.9. The summed E-state index contributed by atoms with van der Waals surface area (Å²) in [7, 11) is 0. The predicted octanol–water partition coefficient (Wildman–Crippen LogP) is 6.31. The summed E-state index contributed by atoms with van der Waals surface area (Å²) in [6, 6.07) is 28.7. The summed E-state index contributed by atoms with van der Waals surface area (Å²) < 4.78 is 12.7. The maximum Gasteiger partial charge on any atom is 0.281 e. The van der Waals surface area contributed by atoms with Gasteiger partial charge in [0.1, 0.15) is 6.61 Å². The molecule has 0 saturated heterocycles. The standard InChI is InChI=1S/C30H26ClIN2O4/c1-2-37-27-18-21(17-26(32)28(27)38-20-22-11-9-10-16-25(22)31)19-33-34-29(35)30(36,23-12-5-3-6-13-23)24-14-7-4-8-15-24/h3-19,36H,2,20H2,1H3,(H,34,35)/b33-19-. The molecule has 0 aliphatic carbocycles. The van der Waals surface area contributed by atoms with E-state index in [1.165, 1.54) is 6.21 Å². The average molecular weight is 641 g/mol. The van der Waals surface area contributed by atoms with Crippen LogP contribution in [-0.2, 0) is 17.0 Å². The smallest absolute Gasteiger partial charge is 0.281 e. The number of rotatable bonds is 10. The van der Waals surface area contributed by atoms with Gasteiger partial charge in [0.2, 0.25) is 0 Å². The molecular weight excluding hydrogens is 615 g/mol. The minimum atomic E-state index is -1.92. The van der Waals surface area contributed by atoms with Gasteiger partial charge in [-0.3, -0.25) is 4.79 Å². The van der Waals surface area contributed by atoms with Crippen LogP contribution in [0.5, 0.6) is 11.5 Å². The highest BCUT2D eigenvalue weighted by atomic mass is 127. The van der Waals surface area contributed by atoms with Gasteiger partial charge in [-0.05, 0) is 64.4 Å². The van der Waals surface area contributed by atoms with E-state index in [1.807, 2.05) is 49.4 Å². The maximum absolute atomic E-state index is 13.3. The van der Waals surface area contributed by atoms with E-state index in [-0.39, 0.29) is 6.61 Å². The Morgan fingerprint density at radius 2 is 1.58 bits per heavy atom. The number of hydrazone groups is 1. The van der Waals surface area contributed by atoms with Crippen molar-refractivity contribution in [3.05, 3.63) is 128 Å². The lowest BCUT2D eigenvalue weighted by Crippen LogP contribution is -2.43. The van der Waals surface area contributed by atoms with E-state index in [1.54, 1.807) is 54.6 Å². The number of benzene rings is 4. The molecule has 0 spiro atoms. The number of halogens is 2. The third-order valence-electron chi connectivity index (χ3n) is 5.75. The second-order valence-corrected chi connectivity index (χ2v) is 9.85. The van der Waals surface area contributed by atoms with E-state index in [2.05, 4.69) is 33.1 Å². The van der Waals surface area contributed by atoms with Gasteiger partial charge >= 0.3 is 0 Å². The van der Waals surface area contributed by atoms with Crippen molar-refractivity contribution in [1.29, 1.82) is 0 Å². The van der Waals surface area contributed by atoms with E-state index in [9.17, 15) is 9.90 Å². The summed E-state index contributed by atoms with van der Waals surface area (Å²) >= 11 is 8.44. The van der Waals surface area contributed by atoms with Crippen molar-refractivity contribution in [3.8, 4) is 11.5 Å². The van der Waals surface area contributed by atoms with Crippen molar-refractivity contribution in [2.75, 3.05) is 6.61 Å². The molecule has 194 valence electrons. The minimum Gasteiger partial charge on any atom is -0.490 e. The van der Waals surface area contributed by atoms with E-state index in [0.29, 0.717) is 39.8 Å². The second-order valence-electron chi connectivity index (χ2n) is 8.28. The lowest BCUT2D eigenvalue weighted by atomic mass is 9.85. The Morgan fingerprint density at radius 3 is 2.18 bits per heavy atom. The summed E-state index contributed by atoms with van der Waals surface area (Å²) in [4.78, 5) is 13.3. The molecule has 2 N–H and O–H groups in total. The Kier molecular flexibility index (Phi) is 9.38. The van der Waals surface area contributed by atoms with Crippen molar-refractivity contribution >= 4 is 46.3 Å². The van der Waals surface area contributed by atoms with Crippen LogP contribution in [0.25, 0.3) is 0 Å². The van der Waals surface area contributed by atoms with Crippen molar-refractivity contribution < 1.29 is 19.4 Å². The summed E-state index contributed by atoms with van der Waals surface area (Å²) in [5, 5.41) is 16.3. The van der Waals surface area contributed by atoms with E-state index in [4.69, 9.17) is 21.1 Å². The van der Waals surface area contributed by atoms with Gasteiger partial charge in [0.15, 0.2) is 17.1 Å². The molecular formula is C30H26ClIN2O4. The van der Waals surface area contributed by atoms with Crippen LogP contribution in [0, 0.1) is 3.57 Å². The molecule has 0 saturated carbocycles. The number of carbonyl (C=O) groups is 1. The third kappa shape index (κ3) is 6.35. The molecule has 0 aliphatic heterocycles. The molecule has 0 aromatic heterocycles. The Balaban J connectivity index is 1.55. The molecule has 0 unspecified atom stereocenters. The molecule has 0 heterocycles. The zero-order valence-electron chi connectivity index (χ0n) is 20.6. The fraction of sp³-hybridized carbons (Fsp3) is 0.133. The lowest BCUT2D eigenvalue weighted by Gasteiger charge is -2.27. The molecule has 4 aromatic rings. The molecule has 0 bridgehead atoms. The zero-order valence-corrected chi connectivity index (χ0v) is 23.5. The summed E-state index contributed by atoms with van der Waals surface area (Å²) in [5.74, 6) is 0.464. The molecule has 1 amide bonds. The van der Waals surface area contributed by atoms with Crippen LogP contribution in [0.4, 0.5) is 0 Å². The number of carbonyl (C=O) groups excluding carboxylic acids is 1. The molecule has 0 radical (unpaired) electrons. The Morgan fingerprint density at radius 1 is 0.974 bits per heavy atom. The average Bonchev–Trinajstić information content (AvgIpc) is 2.94. The quantitative estimate of drug-likeness (QED) is 0.121. The van der Waals surface area contributed by atoms with Crippen molar-refractivity contribution in [2.24, 2.45) is 5.10 Å². The molecule has 0 aliphatic rings. The van der Waals surface area contributed by atoms with Gasteiger partial charge in [-0.15, -0.1) is 0 Å². The maximum atomic E-state index is 13.3. The topological polar surface area (TPSA) is 80.2 Å². The number of nitrogens with zero attached hydrogens (tertiary/aromatic N) is 1. The Bertz CT molecular complexity index is 1380. The fourth-order valence-electron chi connectivity index (χ4n) is 3.86. The molecule has 8 heteroatoms. The molecule has 0 atom stereocenters. The first kappa shape index (κ1) is 27.6. The molecule has 4 aromatic carbocycles. The Hall–Kier alpha value is -3.40. The van der Waals surface area contributed by atoms with Crippen molar-refractivity contribution in [2.45, 2.75) is 19.1 Å². The SMILES string of the molecule is CCOc1cc(/C=N\NC(=O)C(O)(c2ccccc2)c2ccccc2)cc(I)c1OCc1ccccc1Cl.